The molecule has 0 atom stereocenters. The second-order valence-electron chi connectivity index (χ2n) is 2.45. The van der Waals surface area contributed by atoms with Gasteiger partial charge in [-0.25, -0.2) is 9.55 Å². The highest BCUT2D eigenvalue weighted by Crippen LogP contribution is 2.22. The monoisotopic (exact) mass is 247 g/mol. The number of ketones is 1. The molecule has 0 N–H and O–H groups in total. The molecule has 0 aliphatic carbocycles. The highest BCUT2D eigenvalue weighted by atomic mass is 79.9. The number of halogens is 1. The Labute approximate surface area is 81.8 Å². The van der Waals surface area contributed by atoms with Gasteiger partial charge in [-0.2, -0.15) is 0 Å². The molecule has 1 rings (SSSR count). The Balaban J connectivity index is 3.07. The van der Waals surface area contributed by atoms with Crippen LogP contribution in [-0.4, -0.2) is 20.3 Å². The van der Waals surface area contributed by atoms with Gasteiger partial charge in [-0.05, 0) is 27.8 Å². The summed E-state index contributed by atoms with van der Waals surface area (Å²) in [6.07, 6.45) is 1.25. The van der Waals surface area contributed by atoms with Crippen molar-refractivity contribution in [2.45, 2.75) is 13.5 Å². The maximum atomic E-state index is 10.7. The van der Waals surface area contributed by atoms with Crippen LogP contribution in [-0.2, 0) is 11.3 Å². The fraction of sp³-hybridized carbons (Fsp3) is 0.333. The Morgan fingerprint density at radius 2 is 2.46 bits per heavy atom. The van der Waals surface area contributed by atoms with Gasteiger partial charge in [0.25, 0.3) is 0 Å². The van der Waals surface area contributed by atoms with Crippen LogP contribution in [0.15, 0.2) is 10.9 Å². The van der Waals surface area contributed by atoms with E-state index in [9.17, 15) is 14.9 Å². The van der Waals surface area contributed by atoms with Gasteiger partial charge >= 0.3 is 5.82 Å². The molecule has 70 valence electrons. The molecule has 0 aliphatic heterocycles. The summed E-state index contributed by atoms with van der Waals surface area (Å²) in [7, 11) is 0. The molecule has 0 radical (unpaired) electrons. The highest BCUT2D eigenvalue weighted by Gasteiger charge is 2.20. The van der Waals surface area contributed by atoms with Gasteiger partial charge < -0.3 is 10.1 Å². The first-order valence-corrected chi connectivity index (χ1v) is 4.16. The Morgan fingerprint density at radius 1 is 1.85 bits per heavy atom. The molecular formula is C6H6BrN3O3. The Morgan fingerprint density at radius 3 is 2.92 bits per heavy atom. The van der Waals surface area contributed by atoms with E-state index in [1.54, 1.807) is 0 Å². The minimum absolute atomic E-state index is 0.0328. The molecule has 1 heterocycles. The summed E-state index contributed by atoms with van der Waals surface area (Å²) < 4.78 is 1.32. The van der Waals surface area contributed by atoms with E-state index in [1.165, 1.54) is 17.8 Å². The van der Waals surface area contributed by atoms with Gasteiger partial charge in [0.1, 0.15) is 0 Å². The fourth-order valence-corrected chi connectivity index (χ4v) is 1.35. The van der Waals surface area contributed by atoms with E-state index in [4.69, 9.17) is 0 Å². The third-order valence-electron chi connectivity index (χ3n) is 1.33. The molecule has 0 aromatic carbocycles. The summed E-state index contributed by atoms with van der Waals surface area (Å²) in [4.78, 5) is 24.3. The van der Waals surface area contributed by atoms with Crippen LogP contribution in [0.25, 0.3) is 0 Å². The van der Waals surface area contributed by atoms with Gasteiger partial charge in [0, 0.05) is 0 Å². The molecule has 0 spiro atoms. The SMILES string of the molecule is CC(=O)Cn1cnc(Br)c1[N+](=O)[O-]. The standard InChI is InChI=1S/C6H6BrN3O3/c1-4(11)2-9-3-8-5(7)6(9)10(12)13/h3H,2H2,1H3. The molecule has 0 fully saturated rings. The predicted molar refractivity (Wildman–Crippen MR) is 47.3 cm³/mol. The van der Waals surface area contributed by atoms with Crippen LogP contribution in [0.1, 0.15) is 6.92 Å². The number of carbonyl (C=O) groups is 1. The molecular weight excluding hydrogens is 242 g/mol. The normalized spacial score (nSPS) is 10.0. The number of imidazole rings is 1. The summed E-state index contributed by atoms with van der Waals surface area (Å²) in [5, 5.41) is 10.5. The first kappa shape index (κ1) is 9.85. The molecule has 0 saturated heterocycles. The fourth-order valence-electron chi connectivity index (χ4n) is 0.887. The maximum absolute atomic E-state index is 10.7. The van der Waals surface area contributed by atoms with Crippen molar-refractivity contribution in [1.29, 1.82) is 0 Å². The van der Waals surface area contributed by atoms with Crippen molar-refractivity contribution < 1.29 is 9.72 Å². The van der Waals surface area contributed by atoms with E-state index in [1.807, 2.05) is 0 Å². The van der Waals surface area contributed by atoms with Crippen LogP contribution >= 0.6 is 15.9 Å². The zero-order valence-electron chi connectivity index (χ0n) is 6.73. The van der Waals surface area contributed by atoms with E-state index < -0.39 is 4.92 Å². The van der Waals surface area contributed by atoms with Crippen molar-refractivity contribution in [3.8, 4) is 0 Å². The van der Waals surface area contributed by atoms with Gasteiger partial charge in [-0.1, -0.05) is 0 Å². The van der Waals surface area contributed by atoms with Crippen molar-refractivity contribution in [2.24, 2.45) is 0 Å². The summed E-state index contributed by atoms with van der Waals surface area (Å²) in [5.74, 6) is -0.358. The Kier molecular flexibility index (Phi) is 2.76. The molecule has 1 aromatic heterocycles. The number of aromatic nitrogens is 2. The van der Waals surface area contributed by atoms with Gasteiger partial charge in [-0.15, -0.1) is 0 Å². The van der Waals surface area contributed by atoms with Gasteiger partial charge in [0.15, 0.2) is 18.7 Å². The van der Waals surface area contributed by atoms with E-state index >= 15 is 0 Å². The number of carbonyl (C=O) groups excluding carboxylic acids is 1. The topological polar surface area (TPSA) is 78.0 Å². The largest absolute Gasteiger partial charge is 0.358 e. The van der Waals surface area contributed by atoms with Gasteiger partial charge in [0.2, 0.25) is 4.60 Å². The van der Waals surface area contributed by atoms with Crippen LogP contribution < -0.4 is 0 Å². The Bertz CT molecular complexity index is 360. The highest BCUT2D eigenvalue weighted by molar-refractivity contribution is 9.10. The number of nitrogens with zero attached hydrogens (tertiary/aromatic N) is 3. The van der Waals surface area contributed by atoms with Crippen LogP contribution in [0.3, 0.4) is 0 Å². The molecule has 6 nitrogen and oxygen atoms in total. The summed E-state index contributed by atoms with van der Waals surface area (Å²) in [5.41, 5.74) is 0. The average Bonchev–Trinajstić information content (AvgIpc) is 2.30. The van der Waals surface area contributed by atoms with Crippen LogP contribution in [0, 0.1) is 10.1 Å². The number of Topliss-reactive ketones (excluding diaryl/α,β-unsaturated/α-hetero) is 1. The second-order valence-corrected chi connectivity index (χ2v) is 3.20. The lowest BCUT2D eigenvalue weighted by Crippen LogP contribution is -2.08. The van der Waals surface area contributed by atoms with Gasteiger partial charge in [-0.3, -0.25) is 4.79 Å². The number of rotatable bonds is 3. The summed E-state index contributed by atoms with van der Waals surface area (Å²) >= 11 is 2.92. The average molecular weight is 248 g/mol. The molecule has 0 aliphatic rings. The minimum Gasteiger partial charge on any atom is -0.358 e. The van der Waals surface area contributed by atoms with E-state index in [0.29, 0.717) is 0 Å². The third kappa shape index (κ3) is 2.11. The number of hydrogen-bond acceptors (Lipinski definition) is 4. The molecule has 7 heteroatoms. The molecule has 13 heavy (non-hydrogen) atoms. The lowest BCUT2D eigenvalue weighted by atomic mass is 10.4. The number of hydrogen-bond donors (Lipinski definition) is 0. The van der Waals surface area contributed by atoms with E-state index in [2.05, 4.69) is 20.9 Å². The lowest BCUT2D eigenvalue weighted by molar-refractivity contribution is -0.392. The lowest BCUT2D eigenvalue weighted by Gasteiger charge is -1.97. The zero-order valence-corrected chi connectivity index (χ0v) is 8.31. The van der Waals surface area contributed by atoms with Crippen molar-refractivity contribution in [3.05, 3.63) is 21.0 Å². The molecule has 0 saturated carbocycles. The predicted octanol–water partition coefficient (Wildman–Crippen LogP) is 1.14. The van der Waals surface area contributed by atoms with Crippen molar-refractivity contribution in [1.82, 2.24) is 9.55 Å². The first-order chi connectivity index (χ1) is 6.02. The maximum Gasteiger partial charge on any atom is 0.357 e. The molecule has 0 unspecified atom stereocenters. The summed E-state index contributed by atoms with van der Waals surface area (Å²) in [6.45, 7) is 1.33. The van der Waals surface area contributed by atoms with Crippen LogP contribution in [0.5, 0.6) is 0 Å². The molecule has 0 bridgehead atoms. The molecule has 1 aromatic rings. The van der Waals surface area contributed by atoms with Gasteiger partial charge in [0.05, 0.1) is 0 Å². The Hall–Kier alpha value is -1.24. The second kappa shape index (κ2) is 3.65. The van der Waals surface area contributed by atoms with E-state index in [0.717, 1.165) is 0 Å². The smallest absolute Gasteiger partial charge is 0.357 e. The quantitative estimate of drug-likeness (QED) is 0.593. The summed E-state index contributed by atoms with van der Waals surface area (Å²) in [6, 6.07) is 0. The van der Waals surface area contributed by atoms with E-state index in [-0.39, 0.29) is 22.7 Å². The zero-order chi connectivity index (χ0) is 10.0. The van der Waals surface area contributed by atoms with Crippen molar-refractivity contribution in [3.63, 3.8) is 0 Å². The van der Waals surface area contributed by atoms with Crippen molar-refractivity contribution >= 4 is 27.5 Å². The first-order valence-electron chi connectivity index (χ1n) is 3.37. The molecule has 0 amide bonds. The minimum atomic E-state index is -0.583. The number of nitro groups is 1. The van der Waals surface area contributed by atoms with Crippen LogP contribution in [0.2, 0.25) is 0 Å². The third-order valence-corrected chi connectivity index (χ3v) is 1.89. The van der Waals surface area contributed by atoms with Crippen molar-refractivity contribution in [2.75, 3.05) is 0 Å². The van der Waals surface area contributed by atoms with Crippen LogP contribution in [0.4, 0.5) is 5.82 Å².